The van der Waals surface area contributed by atoms with Crippen LogP contribution in [0.1, 0.15) is 28.4 Å². The Kier molecular flexibility index (Phi) is 3.84. The van der Waals surface area contributed by atoms with Gasteiger partial charge in [0.2, 0.25) is 0 Å². The zero-order valence-electron chi connectivity index (χ0n) is 11.5. The monoisotopic (exact) mass is 276 g/mol. The average Bonchev–Trinajstić information content (AvgIpc) is 2.36. The normalized spacial score (nSPS) is 10.4. The molecule has 2 rings (SSSR count). The van der Waals surface area contributed by atoms with Crippen LogP contribution in [0.5, 0.6) is 11.5 Å². The summed E-state index contributed by atoms with van der Waals surface area (Å²) in [5.41, 5.74) is 1.14. The van der Waals surface area contributed by atoms with E-state index in [1.165, 1.54) is 31.2 Å². The highest BCUT2D eigenvalue weighted by Gasteiger charge is 2.14. The molecule has 0 unspecified atom stereocenters. The summed E-state index contributed by atoms with van der Waals surface area (Å²) < 4.78 is 32.2. The molecule has 2 aromatic rings. The second-order valence-electron chi connectivity index (χ2n) is 4.67. The van der Waals surface area contributed by atoms with Gasteiger partial charge in [0.1, 0.15) is 23.1 Å². The maximum absolute atomic E-state index is 13.5. The van der Waals surface area contributed by atoms with Crippen LogP contribution in [0.4, 0.5) is 8.78 Å². The minimum absolute atomic E-state index is 0.164. The molecule has 0 aliphatic heterocycles. The first-order valence-electron chi connectivity index (χ1n) is 6.13. The SMILES string of the molecule is CC(=O)c1cc(F)c(C)cc1Oc1ccc(F)cc1C. The third kappa shape index (κ3) is 2.85. The van der Waals surface area contributed by atoms with Crippen molar-refractivity contribution in [1.29, 1.82) is 0 Å². The van der Waals surface area contributed by atoms with Crippen molar-refractivity contribution in [3.63, 3.8) is 0 Å². The summed E-state index contributed by atoms with van der Waals surface area (Å²) in [6, 6.07) is 6.71. The van der Waals surface area contributed by atoms with E-state index in [0.29, 0.717) is 16.9 Å². The van der Waals surface area contributed by atoms with Crippen molar-refractivity contribution < 1.29 is 18.3 Å². The Morgan fingerprint density at radius 2 is 1.70 bits per heavy atom. The van der Waals surface area contributed by atoms with Gasteiger partial charge in [-0.1, -0.05) is 0 Å². The number of benzene rings is 2. The van der Waals surface area contributed by atoms with Gasteiger partial charge in [0.05, 0.1) is 5.56 Å². The summed E-state index contributed by atoms with van der Waals surface area (Å²) in [5.74, 6) is -0.417. The molecule has 0 aliphatic carbocycles. The molecular weight excluding hydrogens is 262 g/mol. The van der Waals surface area contributed by atoms with Crippen LogP contribution >= 0.6 is 0 Å². The average molecular weight is 276 g/mol. The van der Waals surface area contributed by atoms with E-state index in [2.05, 4.69) is 0 Å². The summed E-state index contributed by atoms with van der Waals surface area (Å²) in [5, 5.41) is 0. The number of Topliss-reactive ketones (excluding diaryl/α,β-unsaturated/α-hetero) is 1. The van der Waals surface area contributed by atoms with Crippen molar-refractivity contribution in [2.45, 2.75) is 20.8 Å². The van der Waals surface area contributed by atoms with Crippen LogP contribution in [0.15, 0.2) is 30.3 Å². The molecule has 0 aliphatic rings. The number of hydrogen-bond acceptors (Lipinski definition) is 2. The van der Waals surface area contributed by atoms with Gasteiger partial charge in [-0.05, 0) is 62.2 Å². The maximum Gasteiger partial charge on any atom is 0.163 e. The van der Waals surface area contributed by atoms with E-state index in [4.69, 9.17) is 4.74 Å². The van der Waals surface area contributed by atoms with Gasteiger partial charge in [-0.15, -0.1) is 0 Å². The van der Waals surface area contributed by atoms with Gasteiger partial charge < -0.3 is 4.74 Å². The van der Waals surface area contributed by atoms with Gasteiger partial charge in [0, 0.05) is 0 Å². The highest BCUT2D eigenvalue weighted by atomic mass is 19.1. The summed E-state index contributed by atoms with van der Waals surface area (Å²) in [6.07, 6.45) is 0. The summed E-state index contributed by atoms with van der Waals surface area (Å²) >= 11 is 0. The molecule has 0 aromatic heterocycles. The number of aryl methyl sites for hydroxylation is 2. The Balaban J connectivity index is 2.47. The Morgan fingerprint density at radius 1 is 1.00 bits per heavy atom. The van der Waals surface area contributed by atoms with E-state index in [-0.39, 0.29) is 22.9 Å². The highest BCUT2D eigenvalue weighted by molar-refractivity contribution is 5.97. The molecule has 0 fully saturated rings. The number of halogens is 2. The fourth-order valence-corrected chi connectivity index (χ4v) is 1.86. The Hall–Kier alpha value is -2.23. The smallest absolute Gasteiger partial charge is 0.163 e. The Morgan fingerprint density at radius 3 is 2.30 bits per heavy atom. The van der Waals surface area contributed by atoms with Crippen molar-refractivity contribution in [2.24, 2.45) is 0 Å². The van der Waals surface area contributed by atoms with Crippen LogP contribution in [-0.4, -0.2) is 5.78 Å². The molecule has 2 nitrogen and oxygen atoms in total. The summed E-state index contributed by atoms with van der Waals surface area (Å²) in [7, 11) is 0. The van der Waals surface area contributed by atoms with Crippen LogP contribution in [-0.2, 0) is 0 Å². The lowest BCUT2D eigenvalue weighted by Crippen LogP contribution is -2.00. The molecule has 4 heteroatoms. The zero-order valence-corrected chi connectivity index (χ0v) is 11.5. The van der Waals surface area contributed by atoms with Gasteiger partial charge >= 0.3 is 0 Å². The number of rotatable bonds is 3. The van der Waals surface area contributed by atoms with Crippen LogP contribution in [0.25, 0.3) is 0 Å². The third-order valence-electron chi connectivity index (χ3n) is 3.00. The molecule has 104 valence electrons. The maximum atomic E-state index is 13.5. The first-order valence-corrected chi connectivity index (χ1v) is 6.13. The first-order chi connectivity index (χ1) is 9.38. The molecule has 0 bridgehead atoms. The summed E-state index contributed by atoms with van der Waals surface area (Å²) in [4.78, 5) is 11.6. The van der Waals surface area contributed by atoms with Gasteiger partial charge in [0.25, 0.3) is 0 Å². The second-order valence-corrected chi connectivity index (χ2v) is 4.67. The molecule has 0 saturated heterocycles. The third-order valence-corrected chi connectivity index (χ3v) is 3.00. The van der Waals surface area contributed by atoms with Crippen LogP contribution in [0, 0.1) is 25.5 Å². The molecule has 0 atom stereocenters. The fourth-order valence-electron chi connectivity index (χ4n) is 1.86. The van der Waals surface area contributed by atoms with Crippen molar-refractivity contribution in [3.8, 4) is 11.5 Å². The molecule has 0 saturated carbocycles. The van der Waals surface area contributed by atoms with E-state index in [1.807, 2.05) is 0 Å². The first kappa shape index (κ1) is 14.2. The molecule has 2 aromatic carbocycles. The van der Waals surface area contributed by atoms with Gasteiger partial charge in [-0.3, -0.25) is 4.79 Å². The molecule has 0 N–H and O–H groups in total. The second kappa shape index (κ2) is 5.41. The van der Waals surface area contributed by atoms with E-state index in [9.17, 15) is 13.6 Å². The number of hydrogen-bond donors (Lipinski definition) is 0. The van der Waals surface area contributed by atoms with E-state index < -0.39 is 5.82 Å². The number of ketones is 1. The lowest BCUT2D eigenvalue weighted by molar-refractivity contribution is 0.101. The van der Waals surface area contributed by atoms with Crippen molar-refractivity contribution in [1.82, 2.24) is 0 Å². The number of carbonyl (C=O) groups is 1. The van der Waals surface area contributed by atoms with E-state index in [0.717, 1.165) is 6.07 Å². The van der Waals surface area contributed by atoms with Crippen molar-refractivity contribution in [3.05, 3.63) is 58.7 Å². The lowest BCUT2D eigenvalue weighted by Gasteiger charge is -2.13. The number of carbonyl (C=O) groups excluding carboxylic acids is 1. The van der Waals surface area contributed by atoms with Crippen molar-refractivity contribution in [2.75, 3.05) is 0 Å². The molecule has 0 radical (unpaired) electrons. The van der Waals surface area contributed by atoms with E-state index in [1.54, 1.807) is 13.8 Å². The molecule has 0 amide bonds. The van der Waals surface area contributed by atoms with Gasteiger partial charge in [0.15, 0.2) is 5.78 Å². The standard InChI is InChI=1S/C16H14F2O2/c1-9-7-16(13(11(3)19)8-14(9)18)20-15-5-4-12(17)6-10(15)2/h4-8H,1-3H3. The van der Waals surface area contributed by atoms with Gasteiger partial charge in [-0.25, -0.2) is 8.78 Å². The quantitative estimate of drug-likeness (QED) is 0.767. The summed E-state index contributed by atoms with van der Waals surface area (Å²) in [6.45, 7) is 4.63. The molecule has 0 spiro atoms. The minimum atomic E-state index is -0.460. The van der Waals surface area contributed by atoms with Crippen molar-refractivity contribution >= 4 is 5.78 Å². The Labute approximate surface area is 116 Å². The zero-order chi connectivity index (χ0) is 14.9. The van der Waals surface area contributed by atoms with Crippen LogP contribution in [0.3, 0.4) is 0 Å². The van der Waals surface area contributed by atoms with Crippen LogP contribution in [0.2, 0.25) is 0 Å². The van der Waals surface area contributed by atoms with Crippen LogP contribution < -0.4 is 4.74 Å². The molecular formula is C16H14F2O2. The largest absolute Gasteiger partial charge is 0.456 e. The predicted molar refractivity (Wildman–Crippen MR) is 72.4 cm³/mol. The van der Waals surface area contributed by atoms with Gasteiger partial charge in [-0.2, -0.15) is 0 Å². The highest BCUT2D eigenvalue weighted by Crippen LogP contribution is 2.30. The molecule has 0 heterocycles. The number of ether oxygens (including phenoxy) is 1. The topological polar surface area (TPSA) is 26.3 Å². The predicted octanol–water partition coefficient (Wildman–Crippen LogP) is 4.58. The minimum Gasteiger partial charge on any atom is -0.456 e. The van der Waals surface area contributed by atoms with E-state index >= 15 is 0 Å². The lowest BCUT2D eigenvalue weighted by atomic mass is 10.1. The molecule has 20 heavy (non-hydrogen) atoms. The fraction of sp³-hybridized carbons (Fsp3) is 0.188. The Bertz CT molecular complexity index is 678.